The van der Waals surface area contributed by atoms with Crippen LogP contribution in [0.5, 0.6) is 0 Å². The van der Waals surface area contributed by atoms with E-state index in [4.69, 9.17) is 23.2 Å². The Kier molecular flexibility index (Phi) is 9.84. The molecule has 0 bridgehead atoms. The maximum atomic E-state index is 12.5. The standard InChI is InChI=1S/C23H27Cl2N3O2/c1-3-4-5-6-7-11-22(29)28-27-16(2)17-9-8-10-19(14-17)26-23(30)20-13-12-18(24)15-21(20)25/h8-10,12-15H,3-7,11H2,1-2H3,(H,26,30)(H,28,29)/b27-16-. The van der Waals surface area contributed by atoms with E-state index in [0.717, 1.165) is 24.8 Å². The fourth-order valence-electron chi connectivity index (χ4n) is 2.85. The number of rotatable bonds is 10. The Morgan fingerprint density at radius 2 is 1.77 bits per heavy atom. The van der Waals surface area contributed by atoms with Gasteiger partial charge in [0.25, 0.3) is 5.91 Å². The van der Waals surface area contributed by atoms with Crippen molar-refractivity contribution in [3.63, 3.8) is 0 Å². The number of carbonyl (C=O) groups is 2. The van der Waals surface area contributed by atoms with Gasteiger partial charge in [-0.1, -0.05) is 67.9 Å². The Morgan fingerprint density at radius 3 is 2.50 bits per heavy atom. The van der Waals surface area contributed by atoms with E-state index in [1.807, 2.05) is 12.1 Å². The highest BCUT2D eigenvalue weighted by Gasteiger charge is 2.11. The van der Waals surface area contributed by atoms with Gasteiger partial charge in [-0.2, -0.15) is 5.10 Å². The van der Waals surface area contributed by atoms with Crippen LogP contribution in [0.3, 0.4) is 0 Å². The van der Waals surface area contributed by atoms with Crippen molar-refractivity contribution in [2.24, 2.45) is 5.10 Å². The second kappa shape index (κ2) is 12.4. The van der Waals surface area contributed by atoms with E-state index in [1.54, 1.807) is 31.2 Å². The van der Waals surface area contributed by atoms with Crippen LogP contribution in [0.1, 0.15) is 68.3 Å². The molecule has 2 aromatic rings. The Labute approximate surface area is 187 Å². The fraction of sp³-hybridized carbons (Fsp3) is 0.348. The van der Waals surface area contributed by atoms with Crippen LogP contribution in [0.4, 0.5) is 5.69 Å². The van der Waals surface area contributed by atoms with Crippen molar-refractivity contribution < 1.29 is 9.59 Å². The molecule has 0 aliphatic rings. The zero-order valence-electron chi connectivity index (χ0n) is 17.3. The lowest BCUT2D eigenvalue weighted by molar-refractivity contribution is -0.121. The largest absolute Gasteiger partial charge is 0.322 e. The predicted molar refractivity (Wildman–Crippen MR) is 125 cm³/mol. The monoisotopic (exact) mass is 447 g/mol. The molecule has 0 aromatic heterocycles. The third kappa shape index (κ3) is 7.81. The molecule has 0 atom stereocenters. The molecule has 0 aliphatic carbocycles. The molecule has 0 fully saturated rings. The minimum absolute atomic E-state index is 0.0901. The first-order chi connectivity index (χ1) is 14.4. The number of hydrogen-bond acceptors (Lipinski definition) is 3. The highest BCUT2D eigenvalue weighted by molar-refractivity contribution is 6.37. The zero-order valence-corrected chi connectivity index (χ0v) is 18.8. The molecule has 30 heavy (non-hydrogen) atoms. The molecule has 160 valence electrons. The zero-order chi connectivity index (χ0) is 21.9. The molecule has 7 heteroatoms. The molecule has 2 N–H and O–H groups in total. The number of carbonyl (C=O) groups excluding carboxylic acids is 2. The molecule has 0 unspecified atom stereocenters. The number of halogens is 2. The van der Waals surface area contributed by atoms with Crippen molar-refractivity contribution in [3.8, 4) is 0 Å². The average molecular weight is 448 g/mol. The van der Waals surface area contributed by atoms with Gasteiger partial charge in [-0.05, 0) is 49.2 Å². The first kappa shape index (κ1) is 23.9. The van der Waals surface area contributed by atoms with Crippen LogP contribution in [-0.4, -0.2) is 17.5 Å². The highest BCUT2D eigenvalue weighted by atomic mass is 35.5. The summed E-state index contributed by atoms with van der Waals surface area (Å²) in [6.45, 7) is 3.97. The van der Waals surface area contributed by atoms with Gasteiger partial charge in [-0.15, -0.1) is 0 Å². The van der Waals surface area contributed by atoms with E-state index in [-0.39, 0.29) is 16.8 Å². The maximum absolute atomic E-state index is 12.5. The van der Waals surface area contributed by atoms with Crippen molar-refractivity contribution in [2.45, 2.75) is 52.4 Å². The molecule has 2 aromatic carbocycles. The third-order valence-electron chi connectivity index (χ3n) is 4.57. The van der Waals surface area contributed by atoms with Crippen LogP contribution >= 0.6 is 23.2 Å². The normalized spacial score (nSPS) is 11.3. The Morgan fingerprint density at radius 1 is 1.00 bits per heavy atom. The van der Waals surface area contributed by atoms with Crippen LogP contribution in [0, 0.1) is 0 Å². The van der Waals surface area contributed by atoms with Crippen molar-refractivity contribution in [1.29, 1.82) is 0 Å². The van der Waals surface area contributed by atoms with E-state index in [0.29, 0.717) is 28.4 Å². The highest BCUT2D eigenvalue weighted by Crippen LogP contribution is 2.22. The van der Waals surface area contributed by atoms with Gasteiger partial charge in [0.1, 0.15) is 0 Å². The number of hydrazone groups is 1. The number of anilines is 1. The van der Waals surface area contributed by atoms with Gasteiger partial charge in [-0.25, -0.2) is 5.43 Å². The summed E-state index contributed by atoms with van der Waals surface area (Å²) in [5, 5.41) is 7.74. The lowest BCUT2D eigenvalue weighted by atomic mass is 10.1. The smallest absolute Gasteiger partial charge is 0.257 e. The summed E-state index contributed by atoms with van der Waals surface area (Å²) in [6.07, 6.45) is 5.95. The van der Waals surface area contributed by atoms with Crippen LogP contribution in [0.15, 0.2) is 47.6 Å². The molecular weight excluding hydrogens is 421 g/mol. The molecule has 0 heterocycles. The van der Waals surface area contributed by atoms with Gasteiger partial charge in [0.15, 0.2) is 0 Å². The molecule has 0 radical (unpaired) electrons. The van der Waals surface area contributed by atoms with E-state index in [9.17, 15) is 9.59 Å². The summed E-state index contributed by atoms with van der Waals surface area (Å²) >= 11 is 12.0. The average Bonchev–Trinajstić information content (AvgIpc) is 2.72. The summed E-state index contributed by atoms with van der Waals surface area (Å²) in [4.78, 5) is 24.4. The number of nitrogens with one attached hydrogen (secondary N) is 2. The molecule has 0 saturated carbocycles. The molecule has 2 rings (SSSR count). The molecule has 0 spiro atoms. The Balaban J connectivity index is 1.94. The number of nitrogens with zero attached hydrogens (tertiary/aromatic N) is 1. The summed E-state index contributed by atoms with van der Waals surface area (Å²) in [6, 6.07) is 11.9. The minimum atomic E-state index is -0.334. The lowest BCUT2D eigenvalue weighted by Gasteiger charge is -2.09. The van der Waals surface area contributed by atoms with E-state index in [2.05, 4.69) is 22.8 Å². The minimum Gasteiger partial charge on any atom is -0.322 e. The molecule has 5 nitrogen and oxygen atoms in total. The van der Waals surface area contributed by atoms with Crippen molar-refractivity contribution in [1.82, 2.24) is 5.43 Å². The number of hydrogen-bond donors (Lipinski definition) is 2. The summed E-state index contributed by atoms with van der Waals surface area (Å²) < 4.78 is 0. The second-order valence-electron chi connectivity index (χ2n) is 7.06. The van der Waals surface area contributed by atoms with Crippen molar-refractivity contribution in [2.75, 3.05) is 5.32 Å². The Hall–Kier alpha value is -2.37. The number of benzene rings is 2. The van der Waals surface area contributed by atoms with Gasteiger partial charge in [0, 0.05) is 17.1 Å². The number of unbranched alkanes of at least 4 members (excludes halogenated alkanes) is 4. The number of amides is 2. The van der Waals surface area contributed by atoms with Crippen molar-refractivity contribution in [3.05, 3.63) is 63.6 Å². The van der Waals surface area contributed by atoms with E-state index in [1.165, 1.54) is 18.9 Å². The van der Waals surface area contributed by atoms with E-state index >= 15 is 0 Å². The SMILES string of the molecule is CCCCCCCC(=O)N/N=C(/C)c1cccc(NC(=O)c2ccc(Cl)cc2Cl)c1. The van der Waals surface area contributed by atoms with Crippen LogP contribution in [-0.2, 0) is 4.79 Å². The van der Waals surface area contributed by atoms with Gasteiger partial charge < -0.3 is 5.32 Å². The van der Waals surface area contributed by atoms with E-state index < -0.39 is 0 Å². The summed E-state index contributed by atoms with van der Waals surface area (Å²) in [5.74, 6) is -0.424. The quantitative estimate of drug-likeness (QED) is 0.249. The van der Waals surface area contributed by atoms with Gasteiger partial charge in [0.05, 0.1) is 16.3 Å². The lowest BCUT2D eigenvalue weighted by Crippen LogP contribution is -2.19. The maximum Gasteiger partial charge on any atom is 0.257 e. The van der Waals surface area contributed by atoms with Crippen LogP contribution in [0.2, 0.25) is 10.0 Å². The third-order valence-corrected chi connectivity index (χ3v) is 5.12. The first-order valence-electron chi connectivity index (χ1n) is 10.1. The molecule has 0 aliphatic heterocycles. The summed E-state index contributed by atoms with van der Waals surface area (Å²) in [5.41, 5.74) is 4.97. The first-order valence-corrected chi connectivity index (χ1v) is 10.9. The van der Waals surface area contributed by atoms with Gasteiger partial charge >= 0.3 is 0 Å². The molecule has 2 amide bonds. The Bertz CT molecular complexity index is 913. The van der Waals surface area contributed by atoms with Gasteiger partial charge in [-0.3, -0.25) is 9.59 Å². The molecular formula is C23H27Cl2N3O2. The van der Waals surface area contributed by atoms with Gasteiger partial charge in [0.2, 0.25) is 5.91 Å². The van der Waals surface area contributed by atoms with Crippen LogP contribution in [0.25, 0.3) is 0 Å². The van der Waals surface area contributed by atoms with Crippen molar-refractivity contribution >= 4 is 46.4 Å². The summed E-state index contributed by atoms with van der Waals surface area (Å²) in [7, 11) is 0. The fourth-order valence-corrected chi connectivity index (χ4v) is 3.34. The molecule has 0 saturated heterocycles. The second-order valence-corrected chi connectivity index (χ2v) is 7.90. The topological polar surface area (TPSA) is 70.6 Å². The predicted octanol–water partition coefficient (Wildman–Crippen LogP) is 6.45. The van der Waals surface area contributed by atoms with Crippen LogP contribution < -0.4 is 10.7 Å².